The molecule has 3 N–H and O–H groups in total. The van der Waals surface area contributed by atoms with Crippen molar-refractivity contribution in [3.8, 4) is 0 Å². The van der Waals surface area contributed by atoms with E-state index >= 15 is 0 Å². The molecule has 3 aliphatic heterocycles. The predicted octanol–water partition coefficient (Wildman–Crippen LogP) is -0.346. The molecule has 5 atom stereocenters. The summed E-state index contributed by atoms with van der Waals surface area (Å²) in [6.07, 6.45) is -7.75. The van der Waals surface area contributed by atoms with Crippen LogP contribution in [0.25, 0.3) is 0 Å². The number of amides is 1. The highest BCUT2D eigenvalue weighted by molar-refractivity contribution is 5.82. The van der Waals surface area contributed by atoms with Crippen molar-refractivity contribution in [3.63, 3.8) is 0 Å². The average molecular weight is 370 g/mol. The molecular weight excluding hydrogens is 349 g/mol. The molecule has 0 aromatic carbocycles. The third-order valence-electron chi connectivity index (χ3n) is 4.30. The van der Waals surface area contributed by atoms with Crippen LogP contribution in [0.4, 0.5) is 13.2 Å². The molecule has 0 spiro atoms. The maximum atomic E-state index is 12.6. The molecule has 0 aromatic rings. The quantitative estimate of drug-likeness (QED) is 0.638. The molecule has 3 saturated heterocycles. The van der Waals surface area contributed by atoms with E-state index in [9.17, 15) is 18.0 Å². The van der Waals surface area contributed by atoms with Gasteiger partial charge in [0.25, 0.3) is 0 Å². The number of carbonyl (C=O) groups is 1. The van der Waals surface area contributed by atoms with E-state index in [1.165, 1.54) is 0 Å². The number of hydrogen-bond acceptors (Lipinski definition) is 7. The molecule has 0 aromatic heterocycles. The van der Waals surface area contributed by atoms with Crippen LogP contribution in [0.15, 0.2) is 0 Å². The zero-order valence-electron chi connectivity index (χ0n) is 13.8. The van der Waals surface area contributed by atoms with Crippen molar-refractivity contribution in [2.24, 2.45) is 5.73 Å². The number of carbonyl (C=O) groups excluding carboxylic acids is 1. The first-order chi connectivity index (χ1) is 11.6. The standard InChI is InChI=1S/C14H21F3N2O6/c1-12(2)23-8-7(19-11(20)14(15,16)17)10-22-6-13(25-10,9(8)24-12)5-21-4-3-18/h7-10H,3-6,18H2,1-2H3,(H,19,20)/t7-,8-,9-,10+,13+/m1/s1. The maximum absolute atomic E-state index is 12.6. The van der Waals surface area contributed by atoms with Gasteiger partial charge in [0.2, 0.25) is 0 Å². The summed E-state index contributed by atoms with van der Waals surface area (Å²) >= 11 is 0. The van der Waals surface area contributed by atoms with Gasteiger partial charge in [0.05, 0.1) is 19.8 Å². The van der Waals surface area contributed by atoms with Crippen molar-refractivity contribution in [2.45, 2.75) is 56.0 Å². The minimum absolute atomic E-state index is 0.0429. The van der Waals surface area contributed by atoms with Crippen LogP contribution >= 0.6 is 0 Å². The molecule has 0 radical (unpaired) electrons. The Kier molecular flexibility index (Phi) is 4.75. The lowest BCUT2D eigenvalue weighted by atomic mass is 9.88. The molecule has 25 heavy (non-hydrogen) atoms. The third-order valence-corrected chi connectivity index (χ3v) is 4.30. The summed E-state index contributed by atoms with van der Waals surface area (Å²) in [5, 5.41) is 1.90. The number of nitrogens with two attached hydrogens (primary N) is 1. The molecule has 8 nitrogen and oxygen atoms in total. The fraction of sp³-hybridized carbons (Fsp3) is 0.929. The summed E-state index contributed by atoms with van der Waals surface area (Å²) in [6, 6.07) is -1.16. The van der Waals surface area contributed by atoms with Crippen LogP contribution in [-0.2, 0) is 28.5 Å². The Hall–Kier alpha value is -0.980. The lowest BCUT2D eigenvalue weighted by Gasteiger charge is -2.42. The van der Waals surface area contributed by atoms with Crippen LogP contribution in [0, 0.1) is 0 Å². The number of fused-ring (bicyclic) bond motifs is 4. The molecule has 0 saturated carbocycles. The first-order valence-electron chi connectivity index (χ1n) is 7.88. The molecule has 3 fully saturated rings. The van der Waals surface area contributed by atoms with Crippen LogP contribution in [0.2, 0.25) is 0 Å². The highest BCUT2D eigenvalue weighted by Crippen LogP contribution is 2.46. The molecule has 1 amide bonds. The molecule has 0 aliphatic carbocycles. The Balaban J connectivity index is 1.82. The average Bonchev–Trinajstić information content (AvgIpc) is 3.03. The SMILES string of the molecule is CC1(C)O[C@@H]2[C@@H](NC(=O)C(F)(F)F)[C@H]3OC[C@](COCCN)(O3)[C@@H]2O1. The molecule has 2 bridgehead atoms. The van der Waals surface area contributed by atoms with Gasteiger partial charge in [0.1, 0.15) is 23.9 Å². The monoisotopic (exact) mass is 370 g/mol. The summed E-state index contributed by atoms with van der Waals surface area (Å²) in [5.74, 6) is -3.14. The van der Waals surface area contributed by atoms with Gasteiger partial charge in [-0.2, -0.15) is 13.2 Å². The van der Waals surface area contributed by atoms with Crippen molar-refractivity contribution in [1.82, 2.24) is 5.32 Å². The van der Waals surface area contributed by atoms with Crippen molar-refractivity contribution >= 4 is 5.91 Å². The molecule has 0 unspecified atom stereocenters. The highest BCUT2D eigenvalue weighted by atomic mass is 19.4. The number of alkyl halides is 3. The second-order valence-electron chi connectivity index (χ2n) is 6.72. The molecule has 144 valence electrons. The van der Waals surface area contributed by atoms with E-state index in [0.717, 1.165) is 0 Å². The zero-order valence-corrected chi connectivity index (χ0v) is 13.8. The van der Waals surface area contributed by atoms with Gasteiger partial charge in [-0.15, -0.1) is 0 Å². The minimum atomic E-state index is -5.03. The smallest absolute Gasteiger partial charge is 0.377 e. The summed E-state index contributed by atoms with van der Waals surface area (Å²) in [6.45, 7) is 3.99. The van der Waals surface area contributed by atoms with E-state index < -0.39 is 48.0 Å². The van der Waals surface area contributed by atoms with Gasteiger partial charge in [-0.05, 0) is 13.8 Å². The van der Waals surface area contributed by atoms with E-state index in [0.29, 0.717) is 6.54 Å². The topological polar surface area (TPSA) is 101 Å². The van der Waals surface area contributed by atoms with E-state index in [1.807, 2.05) is 5.32 Å². The van der Waals surface area contributed by atoms with Crippen molar-refractivity contribution in [3.05, 3.63) is 0 Å². The van der Waals surface area contributed by atoms with Gasteiger partial charge >= 0.3 is 12.1 Å². The first-order valence-corrected chi connectivity index (χ1v) is 7.88. The van der Waals surface area contributed by atoms with Crippen LogP contribution in [0.5, 0.6) is 0 Å². The lowest BCUT2D eigenvalue weighted by Crippen LogP contribution is -2.66. The second kappa shape index (κ2) is 6.32. The number of rotatable bonds is 5. The number of hydrogen-bond donors (Lipinski definition) is 2. The molecule has 3 heterocycles. The third kappa shape index (κ3) is 3.49. The molecule has 3 rings (SSSR count). The Morgan fingerprint density at radius 1 is 1.32 bits per heavy atom. The lowest BCUT2D eigenvalue weighted by molar-refractivity contribution is -0.217. The number of ether oxygens (including phenoxy) is 5. The Morgan fingerprint density at radius 3 is 2.68 bits per heavy atom. The molecule has 3 aliphatic rings. The Labute approximate surface area is 142 Å². The van der Waals surface area contributed by atoms with E-state index in [-0.39, 0.29) is 19.8 Å². The van der Waals surface area contributed by atoms with Crippen LogP contribution in [0.3, 0.4) is 0 Å². The Bertz CT molecular complexity index is 531. The molecular formula is C14H21F3N2O6. The fourth-order valence-corrected chi connectivity index (χ4v) is 3.33. The summed E-state index contributed by atoms with van der Waals surface area (Å²) in [5.41, 5.74) is 4.37. The van der Waals surface area contributed by atoms with Crippen molar-refractivity contribution < 1.29 is 41.7 Å². The van der Waals surface area contributed by atoms with Gasteiger partial charge < -0.3 is 34.7 Å². The van der Waals surface area contributed by atoms with Crippen molar-refractivity contribution in [1.29, 1.82) is 0 Å². The van der Waals surface area contributed by atoms with E-state index in [2.05, 4.69) is 0 Å². The zero-order chi connectivity index (χ0) is 18.5. The fourth-order valence-electron chi connectivity index (χ4n) is 3.33. The van der Waals surface area contributed by atoms with Crippen LogP contribution < -0.4 is 11.1 Å². The molecule has 11 heteroatoms. The normalized spacial score (nSPS) is 39.3. The van der Waals surface area contributed by atoms with Crippen LogP contribution in [0.1, 0.15) is 13.8 Å². The summed E-state index contributed by atoms with van der Waals surface area (Å²) in [4.78, 5) is 11.4. The van der Waals surface area contributed by atoms with Gasteiger partial charge in [-0.3, -0.25) is 4.79 Å². The van der Waals surface area contributed by atoms with Gasteiger partial charge in [-0.1, -0.05) is 0 Å². The Morgan fingerprint density at radius 2 is 2.04 bits per heavy atom. The van der Waals surface area contributed by atoms with E-state index in [4.69, 9.17) is 29.4 Å². The minimum Gasteiger partial charge on any atom is -0.377 e. The van der Waals surface area contributed by atoms with Crippen molar-refractivity contribution in [2.75, 3.05) is 26.4 Å². The van der Waals surface area contributed by atoms with Gasteiger partial charge in [0.15, 0.2) is 12.1 Å². The maximum Gasteiger partial charge on any atom is 0.471 e. The summed E-state index contributed by atoms with van der Waals surface area (Å²) < 4.78 is 66.2. The highest BCUT2D eigenvalue weighted by Gasteiger charge is 2.66. The number of halogens is 3. The van der Waals surface area contributed by atoms with Gasteiger partial charge in [-0.25, -0.2) is 0 Å². The van der Waals surface area contributed by atoms with E-state index in [1.54, 1.807) is 13.8 Å². The van der Waals surface area contributed by atoms with Crippen LogP contribution in [-0.4, -0.2) is 74.4 Å². The van der Waals surface area contributed by atoms with Gasteiger partial charge in [0, 0.05) is 6.54 Å². The number of nitrogens with one attached hydrogen (secondary N) is 1. The summed E-state index contributed by atoms with van der Waals surface area (Å²) in [7, 11) is 0. The second-order valence-corrected chi connectivity index (χ2v) is 6.72. The predicted molar refractivity (Wildman–Crippen MR) is 75.2 cm³/mol. The first kappa shape index (κ1) is 18.8. The largest absolute Gasteiger partial charge is 0.471 e.